The number of aryl methyl sites for hydroxylation is 1. The van der Waals surface area contributed by atoms with E-state index in [1.54, 1.807) is 23.3 Å². The highest BCUT2D eigenvalue weighted by atomic mass is 16.5. The molecule has 3 aromatic heterocycles. The number of hydrogen-bond acceptors (Lipinski definition) is 9. The molecule has 0 radical (unpaired) electrons. The lowest BCUT2D eigenvalue weighted by Gasteiger charge is -2.16. The number of nitrogens with zero attached hydrogens (tertiary/aromatic N) is 7. The number of anilines is 2. The van der Waals surface area contributed by atoms with E-state index in [9.17, 15) is 0 Å². The molecule has 0 saturated carbocycles. The molecule has 2 aromatic carbocycles. The van der Waals surface area contributed by atoms with Gasteiger partial charge in [0.05, 0.1) is 29.6 Å². The number of nitrogens with one attached hydrogen (secondary N) is 2. The van der Waals surface area contributed by atoms with E-state index in [2.05, 4.69) is 60.2 Å². The van der Waals surface area contributed by atoms with E-state index >= 15 is 0 Å². The van der Waals surface area contributed by atoms with Crippen LogP contribution < -0.4 is 15.5 Å². The van der Waals surface area contributed by atoms with E-state index in [4.69, 9.17) is 9.72 Å². The Morgan fingerprint density at radius 1 is 1.08 bits per heavy atom. The fourth-order valence-electron chi connectivity index (χ4n) is 4.14. The minimum atomic E-state index is 0.281. The van der Waals surface area contributed by atoms with Gasteiger partial charge in [-0.1, -0.05) is 18.2 Å². The zero-order valence-corrected chi connectivity index (χ0v) is 20.2. The van der Waals surface area contributed by atoms with Gasteiger partial charge in [-0.25, -0.2) is 15.4 Å². The van der Waals surface area contributed by atoms with Gasteiger partial charge in [-0.2, -0.15) is 5.10 Å². The van der Waals surface area contributed by atoms with Crippen LogP contribution >= 0.6 is 0 Å². The van der Waals surface area contributed by atoms with Crippen LogP contribution in [0, 0.1) is 0 Å². The van der Waals surface area contributed by atoms with Crippen molar-refractivity contribution in [2.75, 3.05) is 11.9 Å². The van der Waals surface area contributed by atoms with Crippen molar-refractivity contribution in [3.05, 3.63) is 97.0 Å². The maximum Gasteiger partial charge on any atom is 0.227 e. The van der Waals surface area contributed by atoms with Crippen LogP contribution in [0.15, 0.2) is 85.7 Å². The van der Waals surface area contributed by atoms with Crippen molar-refractivity contribution >= 4 is 22.5 Å². The fourth-order valence-corrected chi connectivity index (χ4v) is 4.14. The molecule has 4 heterocycles. The van der Waals surface area contributed by atoms with Gasteiger partial charge < -0.3 is 15.1 Å². The zero-order chi connectivity index (χ0) is 25.0. The first-order valence-electron chi connectivity index (χ1n) is 11.9. The minimum absolute atomic E-state index is 0.281. The van der Waals surface area contributed by atoms with E-state index in [1.165, 1.54) is 5.56 Å². The Hall–Kier alpha value is -4.83. The summed E-state index contributed by atoms with van der Waals surface area (Å²) in [4.78, 5) is 17.8. The molecule has 0 amide bonds. The van der Waals surface area contributed by atoms with Gasteiger partial charge in [-0.05, 0) is 29.8 Å². The molecule has 0 saturated heterocycles. The van der Waals surface area contributed by atoms with Gasteiger partial charge in [-0.15, -0.1) is 0 Å². The maximum atomic E-state index is 6.18. The maximum absolute atomic E-state index is 6.18. The first-order chi connectivity index (χ1) is 18.2. The molecular weight excluding hydrogens is 466 g/mol. The van der Waals surface area contributed by atoms with E-state index in [-0.39, 0.29) is 6.61 Å². The van der Waals surface area contributed by atoms with Crippen molar-refractivity contribution in [2.45, 2.75) is 13.2 Å². The second-order valence-electron chi connectivity index (χ2n) is 8.66. The van der Waals surface area contributed by atoms with E-state index in [1.807, 2.05) is 49.8 Å². The van der Waals surface area contributed by atoms with Gasteiger partial charge in [0.25, 0.3) is 0 Å². The van der Waals surface area contributed by atoms with Crippen molar-refractivity contribution in [1.82, 2.24) is 40.2 Å². The Bertz CT molecular complexity index is 1570. The van der Waals surface area contributed by atoms with Crippen LogP contribution in [0.1, 0.15) is 11.3 Å². The van der Waals surface area contributed by atoms with Gasteiger partial charge in [0.1, 0.15) is 12.4 Å². The summed E-state index contributed by atoms with van der Waals surface area (Å²) in [6.45, 7) is 1.91. The number of hydrazine groups is 1. The topological polar surface area (TPSA) is 106 Å². The summed E-state index contributed by atoms with van der Waals surface area (Å²) in [5.41, 5.74) is 8.54. The smallest absolute Gasteiger partial charge is 0.227 e. The summed E-state index contributed by atoms with van der Waals surface area (Å²) in [6, 6.07) is 14.1. The lowest BCUT2D eigenvalue weighted by Crippen LogP contribution is -2.27. The van der Waals surface area contributed by atoms with E-state index < -0.39 is 0 Å². The molecular formula is C27H25N9O. The van der Waals surface area contributed by atoms with Crippen LogP contribution in [0.5, 0.6) is 5.75 Å². The summed E-state index contributed by atoms with van der Waals surface area (Å²) >= 11 is 0. The highest BCUT2D eigenvalue weighted by Crippen LogP contribution is 2.33. The highest BCUT2D eigenvalue weighted by Gasteiger charge is 2.14. The predicted octanol–water partition coefficient (Wildman–Crippen LogP) is 3.98. The molecule has 10 heteroatoms. The van der Waals surface area contributed by atoms with Crippen molar-refractivity contribution in [1.29, 1.82) is 0 Å². The number of fused-ring (bicyclic) bond motifs is 1. The van der Waals surface area contributed by atoms with Crippen LogP contribution in [0.4, 0.5) is 11.6 Å². The third-order valence-electron chi connectivity index (χ3n) is 5.90. The van der Waals surface area contributed by atoms with E-state index in [0.717, 1.165) is 46.6 Å². The molecule has 0 bridgehead atoms. The molecule has 10 nitrogen and oxygen atoms in total. The second-order valence-corrected chi connectivity index (χ2v) is 8.66. The Balaban J connectivity index is 1.29. The van der Waals surface area contributed by atoms with Crippen LogP contribution in [-0.4, -0.2) is 41.3 Å². The fraction of sp³-hybridized carbons (Fsp3) is 0.148. The molecule has 2 N–H and O–H groups in total. The largest absolute Gasteiger partial charge is 0.486 e. The SMILES string of the molecule is Cn1ccc(-c2cc3cnc(Nc4cccc(CN5C=CCN5)c4)nc3cc2OCc2cnccn2)n1. The number of ether oxygens (including phenoxy) is 1. The molecule has 184 valence electrons. The normalized spacial score (nSPS) is 12.8. The van der Waals surface area contributed by atoms with Gasteiger partial charge in [0.15, 0.2) is 0 Å². The molecule has 0 fully saturated rings. The molecule has 37 heavy (non-hydrogen) atoms. The molecule has 0 atom stereocenters. The van der Waals surface area contributed by atoms with Crippen LogP contribution in [-0.2, 0) is 20.2 Å². The van der Waals surface area contributed by atoms with Crippen LogP contribution in [0.3, 0.4) is 0 Å². The number of hydrogen-bond donors (Lipinski definition) is 2. The lowest BCUT2D eigenvalue weighted by atomic mass is 10.1. The molecule has 1 aliphatic heterocycles. The van der Waals surface area contributed by atoms with Crippen molar-refractivity contribution in [3.63, 3.8) is 0 Å². The second kappa shape index (κ2) is 10.0. The highest BCUT2D eigenvalue weighted by molar-refractivity contribution is 5.87. The van der Waals surface area contributed by atoms with Gasteiger partial charge in [0, 0.05) is 67.3 Å². The lowest BCUT2D eigenvalue weighted by molar-refractivity contribution is 0.299. The molecule has 0 unspecified atom stereocenters. The molecule has 0 spiro atoms. The van der Waals surface area contributed by atoms with Crippen molar-refractivity contribution in [3.8, 4) is 17.0 Å². The zero-order valence-electron chi connectivity index (χ0n) is 20.2. The summed E-state index contributed by atoms with van der Waals surface area (Å²) in [7, 11) is 1.89. The summed E-state index contributed by atoms with van der Waals surface area (Å²) in [5.74, 6) is 1.17. The Morgan fingerprint density at radius 3 is 2.86 bits per heavy atom. The van der Waals surface area contributed by atoms with Gasteiger partial charge >= 0.3 is 0 Å². The van der Waals surface area contributed by atoms with E-state index in [0.29, 0.717) is 11.7 Å². The third kappa shape index (κ3) is 5.24. The summed E-state index contributed by atoms with van der Waals surface area (Å²) in [6.07, 6.45) is 12.8. The number of rotatable bonds is 8. The van der Waals surface area contributed by atoms with Crippen molar-refractivity contribution in [2.24, 2.45) is 7.05 Å². The number of aromatic nitrogens is 6. The minimum Gasteiger partial charge on any atom is -0.486 e. The Morgan fingerprint density at radius 2 is 2.05 bits per heavy atom. The van der Waals surface area contributed by atoms with Crippen LogP contribution in [0.2, 0.25) is 0 Å². The Labute approximate surface area is 213 Å². The quantitative estimate of drug-likeness (QED) is 0.333. The molecule has 6 rings (SSSR count). The first-order valence-corrected chi connectivity index (χ1v) is 11.9. The third-order valence-corrected chi connectivity index (χ3v) is 5.90. The predicted molar refractivity (Wildman–Crippen MR) is 141 cm³/mol. The molecule has 0 aliphatic carbocycles. The summed E-state index contributed by atoms with van der Waals surface area (Å²) < 4.78 is 7.95. The standard InChI is InChI=1S/C27H25N9O/c1-35-11-6-24(34-35)23-13-20-15-30-27(32-21-5-2-4-19(12-21)17-36-10-3-7-31-36)33-25(20)14-26(23)37-18-22-16-28-8-9-29-22/h2-6,8-16,31H,7,17-18H2,1H3,(H,30,32,33). The van der Waals surface area contributed by atoms with Gasteiger partial charge in [0.2, 0.25) is 5.95 Å². The Kier molecular flexibility index (Phi) is 6.14. The monoisotopic (exact) mass is 491 g/mol. The average Bonchev–Trinajstić information content (AvgIpc) is 3.59. The molecule has 1 aliphatic rings. The summed E-state index contributed by atoms with van der Waals surface area (Å²) in [5, 5.41) is 10.8. The van der Waals surface area contributed by atoms with Gasteiger partial charge in [-0.3, -0.25) is 14.6 Å². The first kappa shape index (κ1) is 22.6. The molecule has 5 aromatic rings. The van der Waals surface area contributed by atoms with Crippen molar-refractivity contribution < 1.29 is 4.74 Å². The van der Waals surface area contributed by atoms with Crippen LogP contribution in [0.25, 0.3) is 22.2 Å². The number of benzene rings is 2. The average molecular weight is 492 g/mol.